The van der Waals surface area contributed by atoms with Crippen LogP contribution in [0.5, 0.6) is 0 Å². The third kappa shape index (κ3) is 2.29. The maximum absolute atomic E-state index is 11.6. The highest BCUT2D eigenvalue weighted by Gasteiger charge is 2.26. The van der Waals surface area contributed by atoms with Crippen LogP contribution in [-0.2, 0) is 11.3 Å². The Morgan fingerprint density at radius 3 is 2.73 bits per heavy atom. The van der Waals surface area contributed by atoms with Gasteiger partial charge in [0.1, 0.15) is 0 Å². The first-order valence-electron chi connectivity index (χ1n) is 5.30. The van der Waals surface area contributed by atoms with E-state index in [0.717, 1.165) is 19.6 Å². The topological polar surface area (TPSA) is 25.2 Å². The van der Waals surface area contributed by atoms with Crippen molar-refractivity contribution in [2.75, 3.05) is 13.1 Å². The molecule has 3 nitrogen and oxygen atoms in total. The van der Waals surface area contributed by atoms with Crippen molar-refractivity contribution in [3.63, 3.8) is 0 Å². The van der Waals surface area contributed by atoms with E-state index < -0.39 is 0 Å². The summed E-state index contributed by atoms with van der Waals surface area (Å²) < 4.78 is 2.09. The van der Waals surface area contributed by atoms with Gasteiger partial charge in [0.2, 0.25) is 5.91 Å². The highest BCUT2D eigenvalue weighted by Crippen LogP contribution is 2.17. The minimum Gasteiger partial charge on any atom is -0.352 e. The molecular weight excluding hydrogens is 188 g/mol. The number of hydrogen-bond acceptors (Lipinski definition) is 1. The summed E-state index contributed by atoms with van der Waals surface area (Å²) in [6.07, 6.45) is 6.56. The smallest absolute Gasteiger partial charge is 0.223 e. The lowest BCUT2D eigenvalue weighted by Gasteiger charge is -2.16. The van der Waals surface area contributed by atoms with Gasteiger partial charge in [0.05, 0.1) is 0 Å². The van der Waals surface area contributed by atoms with Gasteiger partial charge in [0, 0.05) is 44.4 Å². The molecule has 1 amide bonds. The van der Waals surface area contributed by atoms with Crippen molar-refractivity contribution in [1.82, 2.24) is 9.47 Å². The molecule has 1 aliphatic rings. The lowest BCUT2D eigenvalue weighted by molar-refractivity contribution is -0.127. The van der Waals surface area contributed by atoms with Crippen molar-refractivity contribution in [2.45, 2.75) is 13.0 Å². The summed E-state index contributed by atoms with van der Waals surface area (Å²) in [6, 6.07) is 4.00. The van der Waals surface area contributed by atoms with Crippen LogP contribution in [0.4, 0.5) is 0 Å². The Bertz CT molecular complexity index is 343. The van der Waals surface area contributed by atoms with Gasteiger partial charge >= 0.3 is 0 Å². The van der Waals surface area contributed by atoms with Gasteiger partial charge in [-0.15, -0.1) is 6.58 Å². The molecule has 0 bridgehead atoms. The van der Waals surface area contributed by atoms with Crippen LogP contribution in [-0.4, -0.2) is 28.5 Å². The Labute approximate surface area is 90.0 Å². The third-order valence-corrected chi connectivity index (χ3v) is 2.87. The van der Waals surface area contributed by atoms with Crippen molar-refractivity contribution in [3.8, 4) is 0 Å². The zero-order chi connectivity index (χ0) is 10.7. The monoisotopic (exact) mass is 204 g/mol. The summed E-state index contributed by atoms with van der Waals surface area (Å²) >= 11 is 0. The van der Waals surface area contributed by atoms with Crippen molar-refractivity contribution >= 4 is 5.91 Å². The van der Waals surface area contributed by atoms with Crippen molar-refractivity contribution in [1.29, 1.82) is 0 Å². The van der Waals surface area contributed by atoms with E-state index in [-0.39, 0.29) is 5.91 Å². The summed E-state index contributed by atoms with van der Waals surface area (Å²) in [5.41, 5.74) is 0. The van der Waals surface area contributed by atoms with E-state index in [1.807, 2.05) is 35.5 Å². The van der Waals surface area contributed by atoms with E-state index in [1.165, 1.54) is 0 Å². The molecule has 3 heteroatoms. The van der Waals surface area contributed by atoms with E-state index in [9.17, 15) is 4.79 Å². The van der Waals surface area contributed by atoms with Gasteiger partial charge in [0.25, 0.3) is 0 Å². The molecule has 0 aliphatic carbocycles. The van der Waals surface area contributed by atoms with Crippen LogP contribution in [0.3, 0.4) is 0 Å². The van der Waals surface area contributed by atoms with Crippen molar-refractivity contribution in [2.24, 2.45) is 5.92 Å². The molecule has 1 unspecified atom stereocenters. The maximum Gasteiger partial charge on any atom is 0.223 e. The van der Waals surface area contributed by atoms with E-state index in [0.29, 0.717) is 12.3 Å². The van der Waals surface area contributed by atoms with Gasteiger partial charge in [-0.1, -0.05) is 6.08 Å². The Balaban J connectivity index is 1.85. The van der Waals surface area contributed by atoms with Gasteiger partial charge in [0.15, 0.2) is 0 Å². The Morgan fingerprint density at radius 1 is 1.40 bits per heavy atom. The molecule has 15 heavy (non-hydrogen) atoms. The molecule has 1 fully saturated rings. The van der Waals surface area contributed by atoms with Gasteiger partial charge in [-0.3, -0.25) is 4.79 Å². The largest absolute Gasteiger partial charge is 0.352 e. The van der Waals surface area contributed by atoms with Crippen LogP contribution in [0, 0.1) is 5.92 Å². The summed E-state index contributed by atoms with van der Waals surface area (Å²) in [5, 5.41) is 0. The fourth-order valence-corrected chi connectivity index (χ4v) is 1.93. The summed E-state index contributed by atoms with van der Waals surface area (Å²) in [6.45, 7) is 6.26. The highest BCUT2D eigenvalue weighted by atomic mass is 16.2. The Kier molecular flexibility index (Phi) is 2.90. The molecule has 1 aromatic rings. The summed E-state index contributed by atoms with van der Waals surface area (Å²) in [4.78, 5) is 13.5. The van der Waals surface area contributed by atoms with E-state index >= 15 is 0 Å². The lowest BCUT2D eigenvalue weighted by Crippen LogP contribution is -2.28. The number of likely N-dealkylation sites (tertiary alicyclic amines) is 1. The van der Waals surface area contributed by atoms with Gasteiger partial charge in [-0.05, 0) is 12.1 Å². The molecule has 1 aromatic heterocycles. The quantitative estimate of drug-likeness (QED) is 0.683. The molecule has 0 aromatic carbocycles. The standard InChI is InChI=1S/C12H16N2O/c1-2-11-9-12(15)14(10-11)8-7-13-5-3-4-6-13/h2-6,11H,1,7-10H2. The molecule has 0 radical (unpaired) electrons. The summed E-state index contributed by atoms with van der Waals surface area (Å²) in [7, 11) is 0. The number of rotatable bonds is 4. The second-order valence-electron chi connectivity index (χ2n) is 3.96. The van der Waals surface area contributed by atoms with Crippen molar-refractivity contribution < 1.29 is 4.79 Å². The minimum absolute atomic E-state index is 0.257. The van der Waals surface area contributed by atoms with Crippen LogP contribution in [0.25, 0.3) is 0 Å². The number of carbonyl (C=O) groups is 1. The predicted octanol–water partition coefficient (Wildman–Crippen LogP) is 1.52. The predicted molar refractivity (Wildman–Crippen MR) is 59.3 cm³/mol. The van der Waals surface area contributed by atoms with Crippen LogP contribution >= 0.6 is 0 Å². The van der Waals surface area contributed by atoms with Gasteiger partial charge < -0.3 is 9.47 Å². The minimum atomic E-state index is 0.257. The Morgan fingerprint density at radius 2 is 2.13 bits per heavy atom. The second-order valence-corrected chi connectivity index (χ2v) is 3.96. The number of amides is 1. The fraction of sp³-hybridized carbons (Fsp3) is 0.417. The molecule has 0 saturated carbocycles. The van der Waals surface area contributed by atoms with Gasteiger partial charge in [-0.2, -0.15) is 0 Å². The average Bonchev–Trinajstić information content (AvgIpc) is 2.84. The first kappa shape index (κ1) is 10.0. The Hall–Kier alpha value is -1.51. The molecule has 1 atom stereocenters. The molecule has 1 saturated heterocycles. The van der Waals surface area contributed by atoms with E-state index in [1.54, 1.807) is 0 Å². The van der Waals surface area contributed by atoms with Gasteiger partial charge in [-0.25, -0.2) is 0 Å². The summed E-state index contributed by atoms with van der Waals surface area (Å²) in [5.74, 6) is 0.606. The normalized spacial score (nSPS) is 20.9. The zero-order valence-electron chi connectivity index (χ0n) is 8.80. The third-order valence-electron chi connectivity index (χ3n) is 2.87. The first-order chi connectivity index (χ1) is 7.29. The number of nitrogens with zero attached hydrogens (tertiary/aromatic N) is 2. The molecule has 80 valence electrons. The number of carbonyl (C=O) groups excluding carboxylic acids is 1. The van der Waals surface area contributed by atoms with Crippen LogP contribution < -0.4 is 0 Å². The highest BCUT2D eigenvalue weighted by molar-refractivity contribution is 5.78. The SMILES string of the molecule is C=CC1CC(=O)N(CCn2cccc2)C1. The molecular formula is C12H16N2O. The van der Waals surface area contributed by atoms with E-state index in [2.05, 4.69) is 11.1 Å². The number of aromatic nitrogens is 1. The lowest BCUT2D eigenvalue weighted by atomic mass is 10.1. The fourth-order valence-electron chi connectivity index (χ4n) is 1.93. The first-order valence-corrected chi connectivity index (χ1v) is 5.30. The zero-order valence-corrected chi connectivity index (χ0v) is 8.80. The maximum atomic E-state index is 11.6. The number of hydrogen-bond donors (Lipinski definition) is 0. The van der Waals surface area contributed by atoms with Crippen molar-refractivity contribution in [3.05, 3.63) is 37.2 Å². The van der Waals surface area contributed by atoms with E-state index in [4.69, 9.17) is 0 Å². The molecule has 0 N–H and O–H groups in total. The average molecular weight is 204 g/mol. The molecule has 2 rings (SSSR count). The van der Waals surface area contributed by atoms with Crippen LogP contribution in [0.1, 0.15) is 6.42 Å². The molecule has 0 spiro atoms. The second kappa shape index (κ2) is 4.34. The van der Waals surface area contributed by atoms with Crippen LogP contribution in [0.15, 0.2) is 37.2 Å². The molecule has 1 aliphatic heterocycles. The molecule has 2 heterocycles. The van der Waals surface area contributed by atoms with Crippen LogP contribution in [0.2, 0.25) is 0 Å².